The molecule has 0 atom stereocenters. The maximum absolute atomic E-state index is 14.3. The first-order chi connectivity index (χ1) is 12.9. The van der Waals surface area contributed by atoms with Gasteiger partial charge < -0.3 is 4.90 Å². The van der Waals surface area contributed by atoms with Crippen LogP contribution in [-0.4, -0.2) is 38.3 Å². The van der Waals surface area contributed by atoms with E-state index in [1.807, 2.05) is 24.3 Å². The Morgan fingerprint density at radius 3 is 2.56 bits per heavy atom. The van der Waals surface area contributed by atoms with Crippen molar-refractivity contribution >= 4 is 21.6 Å². The number of anilines is 1. The summed E-state index contributed by atoms with van der Waals surface area (Å²) in [7, 11) is -3.99. The summed E-state index contributed by atoms with van der Waals surface area (Å²) in [5.41, 5.74) is 2.07. The Morgan fingerprint density at radius 2 is 1.85 bits per heavy atom. The number of rotatable bonds is 5. The van der Waals surface area contributed by atoms with Gasteiger partial charge >= 0.3 is 0 Å². The van der Waals surface area contributed by atoms with Crippen LogP contribution in [0.5, 0.6) is 0 Å². The summed E-state index contributed by atoms with van der Waals surface area (Å²) in [5.74, 6) is -1.17. The molecule has 7 heteroatoms. The third-order valence-corrected chi connectivity index (χ3v) is 6.92. The Balaban J connectivity index is 2.01. The van der Waals surface area contributed by atoms with E-state index in [9.17, 15) is 17.6 Å². The Hall–Kier alpha value is -2.25. The van der Waals surface area contributed by atoms with E-state index in [-0.39, 0.29) is 24.6 Å². The second-order valence-corrected chi connectivity index (χ2v) is 8.33. The Labute approximate surface area is 159 Å². The second kappa shape index (κ2) is 7.78. The van der Waals surface area contributed by atoms with Crippen LogP contribution < -0.4 is 4.90 Å². The number of aryl methyl sites for hydroxylation is 1. The van der Waals surface area contributed by atoms with Crippen molar-refractivity contribution in [2.24, 2.45) is 0 Å². The van der Waals surface area contributed by atoms with Crippen LogP contribution in [-0.2, 0) is 16.4 Å². The first-order valence-electron chi connectivity index (χ1n) is 9.09. The molecule has 5 nitrogen and oxygen atoms in total. The van der Waals surface area contributed by atoms with E-state index in [4.69, 9.17) is 0 Å². The predicted molar refractivity (Wildman–Crippen MR) is 103 cm³/mol. The zero-order valence-corrected chi connectivity index (χ0v) is 16.3. The lowest BCUT2D eigenvalue weighted by molar-refractivity contribution is 0.0985. The van der Waals surface area contributed by atoms with Crippen LogP contribution in [0, 0.1) is 5.82 Å². The molecule has 0 aliphatic carbocycles. The van der Waals surface area contributed by atoms with Gasteiger partial charge in [-0.25, -0.2) is 12.8 Å². The minimum Gasteiger partial charge on any atom is -0.308 e. The summed E-state index contributed by atoms with van der Waals surface area (Å²) in [4.78, 5) is 14.2. The van der Waals surface area contributed by atoms with Crippen molar-refractivity contribution < 1.29 is 17.6 Å². The normalized spacial score (nSPS) is 14.3. The van der Waals surface area contributed by atoms with Gasteiger partial charge in [-0.2, -0.15) is 4.31 Å². The molecule has 0 radical (unpaired) electrons. The zero-order valence-electron chi connectivity index (χ0n) is 15.5. The van der Waals surface area contributed by atoms with Gasteiger partial charge in [-0.05, 0) is 42.7 Å². The van der Waals surface area contributed by atoms with Gasteiger partial charge in [0.1, 0.15) is 10.7 Å². The molecule has 0 aromatic heterocycles. The molecule has 1 heterocycles. The lowest BCUT2D eigenvalue weighted by atomic mass is 10.0. The maximum atomic E-state index is 14.3. The van der Waals surface area contributed by atoms with Crippen LogP contribution in [0.4, 0.5) is 10.1 Å². The van der Waals surface area contributed by atoms with E-state index in [1.165, 1.54) is 10.4 Å². The van der Waals surface area contributed by atoms with E-state index in [2.05, 4.69) is 0 Å². The summed E-state index contributed by atoms with van der Waals surface area (Å²) in [6.45, 7) is 4.40. The maximum Gasteiger partial charge on any atom is 0.258 e. The number of halogens is 1. The van der Waals surface area contributed by atoms with Gasteiger partial charge in [0.05, 0.1) is 0 Å². The third kappa shape index (κ3) is 3.61. The lowest BCUT2D eigenvalue weighted by Crippen LogP contribution is -2.36. The summed E-state index contributed by atoms with van der Waals surface area (Å²) in [6.07, 6.45) is 1.72. The van der Waals surface area contributed by atoms with Crippen molar-refractivity contribution in [1.29, 1.82) is 0 Å². The number of hydrogen-bond donors (Lipinski definition) is 0. The van der Waals surface area contributed by atoms with Gasteiger partial charge in [-0.1, -0.05) is 32.0 Å². The molecular weight excluding hydrogens is 367 g/mol. The van der Waals surface area contributed by atoms with E-state index >= 15 is 0 Å². The van der Waals surface area contributed by atoms with Crippen LogP contribution in [0.2, 0.25) is 0 Å². The zero-order chi connectivity index (χ0) is 19.6. The SMILES string of the molecule is CCN(CC)S(=O)(=O)c1cc(C(=O)N2CCCc3ccccc32)ccc1F. The molecule has 3 rings (SSSR count). The summed E-state index contributed by atoms with van der Waals surface area (Å²) >= 11 is 0. The van der Waals surface area contributed by atoms with Crippen molar-refractivity contribution in [2.45, 2.75) is 31.6 Å². The van der Waals surface area contributed by atoms with Gasteiger partial charge in [0.2, 0.25) is 10.0 Å². The fraction of sp³-hybridized carbons (Fsp3) is 0.350. The highest BCUT2D eigenvalue weighted by molar-refractivity contribution is 7.89. The molecule has 1 aliphatic heterocycles. The van der Waals surface area contributed by atoms with E-state index in [0.717, 1.165) is 36.2 Å². The Bertz CT molecular complexity index is 955. The molecule has 1 aliphatic rings. The molecule has 0 bridgehead atoms. The smallest absolute Gasteiger partial charge is 0.258 e. The lowest BCUT2D eigenvalue weighted by Gasteiger charge is -2.29. The highest BCUT2D eigenvalue weighted by atomic mass is 32.2. The van der Waals surface area contributed by atoms with Crippen LogP contribution in [0.15, 0.2) is 47.4 Å². The fourth-order valence-electron chi connectivity index (χ4n) is 3.44. The third-order valence-electron chi connectivity index (χ3n) is 4.86. The fourth-order valence-corrected chi connectivity index (χ4v) is 4.99. The number of fused-ring (bicyclic) bond motifs is 1. The minimum atomic E-state index is -3.99. The van der Waals surface area contributed by atoms with Crippen LogP contribution in [0.1, 0.15) is 36.2 Å². The van der Waals surface area contributed by atoms with Gasteiger partial charge in [0.25, 0.3) is 5.91 Å². The molecule has 0 spiro atoms. The molecule has 0 saturated heterocycles. The molecule has 0 saturated carbocycles. The van der Waals surface area contributed by atoms with Crippen molar-refractivity contribution in [1.82, 2.24) is 4.31 Å². The average Bonchev–Trinajstić information content (AvgIpc) is 2.68. The number of carbonyl (C=O) groups excluding carboxylic acids is 1. The monoisotopic (exact) mass is 390 g/mol. The Morgan fingerprint density at radius 1 is 1.15 bits per heavy atom. The number of para-hydroxylation sites is 1. The van der Waals surface area contributed by atoms with Crippen LogP contribution >= 0.6 is 0 Å². The molecule has 0 fully saturated rings. The van der Waals surface area contributed by atoms with Crippen molar-refractivity contribution in [2.75, 3.05) is 24.5 Å². The first-order valence-corrected chi connectivity index (χ1v) is 10.5. The minimum absolute atomic E-state index is 0.166. The number of amides is 1. The molecule has 0 N–H and O–H groups in total. The Kier molecular flexibility index (Phi) is 5.62. The molecule has 0 unspecified atom stereocenters. The molecule has 2 aromatic carbocycles. The molecule has 27 heavy (non-hydrogen) atoms. The largest absolute Gasteiger partial charge is 0.308 e. The number of nitrogens with zero attached hydrogens (tertiary/aromatic N) is 2. The van der Waals surface area contributed by atoms with Gasteiger partial charge in [-0.15, -0.1) is 0 Å². The summed E-state index contributed by atoms with van der Waals surface area (Å²) in [5, 5.41) is 0. The molecule has 144 valence electrons. The molecular formula is C20H23FN2O3S. The second-order valence-electron chi connectivity index (χ2n) is 6.42. The van der Waals surface area contributed by atoms with Gasteiger partial charge in [-0.3, -0.25) is 4.79 Å². The van der Waals surface area contributed by atoms with Crippen LogP contribution in [0.3, 0.4) is 0 Å². The number of benzene rings is 2. The van der Waals surface area contributed by atoms with Crippen LogP contribution in [0.25, 0.3) is 0 Å². The topological polar surface area (TPSA) is 57.7 Å². The van der Waals surface area contributed by atoms with Crippen molar-refractivity contribution in [3.05, 3.63) is 59.4 Å². The summed E-state index contributed by atoms with van der Waals surface area (Å²) < 4.78 is 40.9. The molecule has 1 amide bonds. The highest BCUT2D eigenvalue weighted by Crippen LogP contribution is 2.29. The summed E-state index contributed by atoms with van der Waals surface area (Å²) in [6, 6.07) is 11.2. The van der Waals surface area contributed by atoms with Gasteiger partial charge in [0.15, 0.2) is 0 Å². The standard InChI is InChI=1S/C20H23FN2O3S/c1-3-22(4-2)27(25,26)19-14-16(11-12-17(19)21)20(24)23-13-7-9-15-8-5-6-10-18(15)23/h5-6,8,10-12,14H,3-4,7,9,13H2,1-2H3. The highest BCUT2D eigenvalue weighted by Gasteiger charge is 2.28. The first kappa shape index (κ1) is 19.5. The van der Waals surface area contributed by atoms with E-state index in [0.29, 0.717) is 6.54 Å². The van der Waals surface area contributed by atoms with Crippen molar-refractivity contribution in [3.63, 3.8) is 0 Å². The number of carbonyl (C=O) groups is 1. The van der Waals surface area contributed by atoms with E-state index in [1.54, 1.807) is 18.7 Å². The number of hydrogen-bond acceptors (Lipinski definition) is 3. The molecule has 2 aromatic rings. The quantitative estimate of drug-likeness (QED) is 0.786. The number of sulfonamides is 1. The van der Waals surface area contributed by atoms with Gasteiger partial charge in [0, 0.05) is 30.9 Å². The van der Waals surface area contributed by atoms with E-state index < -0.39 is 20.7 Å². The predicted octanol–water partition coefficient (Wildman–Crippen LogP) is 3.45. The van der Waals surface area contributed by atoms with Crippen molar-refractivity contribution in [3.8, 4) is 0 Å². The average molecular weight is 390 g/mol.